The zero-order chi connectivity index (χ0) is 11.4. The number of rotatable bonds is 5. The summed E-state index contributed by atoms with van der Waals surface area (Å²) in [7, 11) is 1.98. The van der Waals surface area contributed by atoms with Gasteiger partial charge in [-0.1, -0.05) is 12.8 Å². The van der Waals surface area contributed by atoms with E-state index in [1.807, 2.05) is 7.05 Å². The first kappa shape index (κ1) is 12.4. The van der Waals surface area contributed by atoms with Crippen LogP contribution < -0.4 is 5.32 Å². The fourth-order valence-corrected chi connectivity index (χ4v) is 4.24. The van der Waals surface area contributed by atoms with E-state index in [-0.39, 0.29) is 0 Å². The van der Waals surface area contributed by atoms with Crippen LogP contribution in [0.4, 0.5) is 0 Å². The molecule has 1 atom stereocenters. The summed E-state index contributed by atoms with van der Waals surface area (Å²) in [5.41, 5.74) is 1.19. The van der Waals surface area contributed by atoms with Gasteiger partial charge >= 0.3 is 0 Å². The zero-order valence-corrected chi connectivity index (χ0v) is 11.7. The Morgan fingerprint density at radius 2 is 2.31 bits per heavy atom. The Kier molecular flexibility index (Phi) is 4.67. The normalized spacial score (nSPS) is 19.1. The first-order valence-electron chi connectivity index (χ1n) is 6.02. The van der Waals surface area contributed by atoms with Crippen molar-refractivity contribution in [3.05, 3.63) is 16.1 Å². The molecule has 1 aromatic heterocycles. The third kappa shape index (κ3) is 3.22. The van der Waals surface area contributed by atoms with Crippen molar-refractivity contribution in [2.24, 2.45) is 0 Å². The van der Waals surface area contributed by atoms with E-state index in [1.165, 1.54) is 36.4 Å². The van der Waals surface area contributed by atoms with E-state index in [2.05, 4.69) is 34.4 Å². The van der Waals surface area contributed by atoms with Gasteiger partial charge in [0.05, 0.1) is 5.69 Å². The second-order valence-electron chi connectivity index (χ2n) is 4.39. The largest absolute Gasteiger partial charge is 0.312 e. The molecule has 16 heavy (non-hydrogen) atoms. The summed E-state index contributed by atoms with van der Waals surface area (Å²) >= 11 is 3.90. The second kappa shape index (κ2) is 6.03. The molecule has 0 radical (unpaired) electrons. The topological polar surface area (TPSA) is 24.9 Å². The average molecular weight is 256 g/mol. The van der Waals surface area contributed by atoms with Gasteiger partial charge in [-0.25, -0.2) is 4.98 Å². The van der Waals surface area contributed by atoms with Crippen LogP contribution in [-0.2, 0) is 5.75 Å². The van der Waals surface area contributed by atoms with Crippen LogP contribution in [0.25, 0.3) is 0 Å². The molecular formula is C12H20N2S2. The minimum atomic E-state index is 0.376. The van der Waals surface area contributed by atoms with E-state index in [0.717, 1.165) is 11.0 Å². The van der Waals surface area contributed by atoms with Gasteiger partial charge in [0.1, 0.15) is 5.01 Å². The molecule has 2 rings (SSSR count). The van der Waals surface area contributed by atoms with Gasteiger partial charge in [-0.15, -0.1) is 11.3 Å². The number of hydrogen-bond donors (Lipinski definition) is 1. The summed E-state index contributed by atoms with van der Waals surface area (Å²) in [5, 5.41) is 7.60. The van der Waals surface area contributed by atoms with Crippen LogP contribution >= 0.6 is 23.1 Å². The molecule has 1 aliphatic carbocycles. The SMILES string of the molecule is CNC(C)c1csc(CSC2CCCC2)n1. The molecule has 1 unspecified atom stereocenters. The number of thiazole rings is 1. The third-order valence-electron chi connectivity index (χ3n) is 3.19. The summed E-state index contributed by atoms with van der Waals surface area (Å²) in [6, 6.07) is 0.376. The molecule has 0 spiro atoms. The Morgan fingerprint density at radius 3 is 3.00 bits per heavy atom. The lowest BCUT2D eigenvalue weighted by Crippen LogP contribution is -2.12. The molecule has 1 heterocycles. The predicted molar refractivity (Wildman–Crippen MR) is 73.1 cm³/mol. The van der Waals surface area contributed by atoms with Gasteiger partial charge in [0.15, 0.2) is 0 Å². The molecule has 0 bridgehead atoms. The standard InChI is InChI=1S/C12H20N2S2/c1-9(13-2)11-7-16-12(14-11)8-15-10-5-3-4-6-10/h7,9-10,13H,3-6,8H2,1-2H3. The first-order chi connectivity index (χ1) is 7.79. The smallest absolute Gasteiger partial charge is 0.103 e. The van der Waals surface area contributed by atoms with Crippen molar-refractivity contribution in [3.8, 4) is 0 Å². The highest BCUT2D eigenvalue weighted by atomic mass is 32.2. The van der Waals surface area contributed by atoms with Crippen molar-refractivity contribution in [3.63, 3.8) is 0 Å². The highest BCUT2D eigenvalue weighted by molar-refractivity contribution is 7.99. The van der Waals surface area contributed by atoms with Crippen molar-refractivity contribution in [1.82, 2.24) is 10.3 Å². The van der Waals surface area contributed by atoms with Crippen molar-refractivity contribution < 1.29 is 0 Å². The van der Waals surface area contributed by atoms with Crippen molar-refractivity contribution >= 4 is 23.1 Å². The highest BCUT2D eigenvalue weighted by Gasteiger charge is 2.16. The van der Waals surface area contributed by atoms with Crippen LogP contribution in [-0.4, -0.2) is 17.3 Å². The van der Waals surface area contributed by atoms with Crippen molar-refractivity contribution in [2.75, 3.05) is 7.05 Å². The maximum Gasteiger partial charge on any atom is 0.103 e. The van der Waals surface area contributed by atoms with Crippen LogP contribution in [0.3, 0.4) is 0 Å². The van der Waals surface area contributed by atoms with Crippen molar-refractivity contribution in [2.45, 2.75) is 49.7 Å². The molecule has 0 saturated heterocycles. The van der Waals surface area contributed by atoms with Crippen molar-refractivity contribution in [1.29, 1.82) is 0 Å². The molecule has 1 aromatic rings. The average Bonchev–Trinajstić information content (AvgIpc) is 2.96. The number of thioether (sulfide) groups is 1. The predicted octanol–water partition coefficient (Wildman–Crippen LogP) is 3.60. The molecule has 4 heteroatoms. The number of hydrogen-bond acceptors (Lipinski definition) is 4. The minimum absolute atomic E-state index is 0.376. The van der Waals surface area contributed by atoms with E-state index < -0.39 is 0 Å². The van der Waals surface area contributed by atoms with Gasteiger partial charge in [-0.2, -0.15) is 11.8 Å². The molecule has 2 nitrogen and oxygen atoms in total. The minimum Gasteiger partial charge on any atom is -0.312 e. The van der Waals surface area contributed by atoms with E-state index in [0.29, 0.717) is 6.04 Å². The summed E-state index contributed by atoms with van der Waals surface area (Å²) < 4.78 is 0. The Morgan fingerprint density at radius 1 is 1.56 bits per heavy atom. The van der Waals surface area contributed by atoms with Gasteiger partial charge in [0, 0.05) is 22.4 Å². The van der Waals surface area contributed by atoms with Crippen LogP contribution in [0.15, 0.2) is 5.38 Å². The monoisotopic (exact) mass is 256 g/mol. The maximum atomic E-state index is 4.68. The summed E-state index contributed by atoms with van der Waals surface area (Å²) in [4.78, 5) is 4.68. The molecule has 1 aliphatic rings. The van der Waals surface area contributed by atoms with E-state index in [9.17, 15) is 0 Å². The fraction of sp³-hybridized carbons (Fsp3) is 0.750. The van der Waals surface area contributed by atoms with Gasteiger partial charge in [0.2, 0.25) is 0 Å². The molecule has 0 aliphatic heterocycles. The Hall–Kier alpha value is -0.0600. The zero-order valence-electron chi connectivity index (χ0n) is 10.0. The second-order valence-corrected chi connectivity index (χ2v) is 6.63. The molecule has 1 fully saturated rings. The first-order valence-corrected chi connectivity index (χ1v) is 7.95. The Balaban J connectivity index is 1.82. The fourth-order valence-electron chi connectivity index (χ4n) is 1.98. The Labute approximate surface area is 106 Å². The summed E-state index contributed by atoms with van der Waals surface area (Å²) in [6.45, 7) is 2.16. The van der Waals surface area contributed by atoms with Gasteiger partial charge in [0.25, 0.3) is 0 Å². The van der Waals surface area contributed by atoms with Gasteiger partial charge in [-0.3, -0.25) is 0 Å². The molecule has 90 valence electrons. The van der Waals surface area contributed by atoms with Crippen LogP contribution in [0.1, 0.15) is 49.4 Å². The highest BCUT2D eigenvalue weighted by Crippen LogP contribution is 2.32. The lowest BCUT2D eigenvalue weighted by atomic mass is 10.3. The Bertz CT molecular complexity index is 319. The van der Waals surface area contributed by atoms with Gasteiger partial charge in [-0.05, 0) is 26.8 Å². The molecule has 0 aromatic carbocycles. The quantitative estimate of drug-likeness (QED) is 0.871. The van der Waals surface area contributed by atoms with Crippen LogP contribution in [0.5, 0.6) is 0 Å². The third-order valence-corrected chi connectivity index (χ3v) is 5.62. The molecule has 1 N–H and O–H groups in total. The summed E-state index contributed by atoms with van der Waals surface area (Å²) in [5.74, 6) is 1.10. The van der Waals surface area contributed by atoms with Crippen LogP contribution in [0.2, 0.25) is 0 Å². The lowest BCUT2D eigenvalue weighted by Gasteiger charge is -2.07. The summed E-state index contributed by atoms with van der Waals surface area (Å²) in [6.07, 6.45) is 5.68. The van der Waals surface area contributed by atoms with E-state index in [4.69, 9.17) is 0 Å². The number of nitrogens with one attached hydrogen (secondary N) is 1. The number of aromatic nitrogens is 1. The maximum absolute atomic E-state index is 4.68. The number of nitrogens with zero attached hydrogens (tertiary/aromatic N) is 1. The molecular weight excluding hydrogens is 236 g/mol. The molecule has 1 saturated carbocycles. The molecule has 0 amide bonds. The van der Waals surface area contributed by atoms with Gasteiger partial charge < -0.3 is 5.32 Å². The lowest BCUT2D eigenvalue weighted by molar-refractivity contribution is 0.635. The van der Waals surface area contributed by atoms with E-state index in [1.54, 1.807) is 11.3 Å². The van der Waals surface area contributed by atoms with E-state index >= 15 is 0 Å². The van der Waals surface area contributed by atoms with Crippen LogP contribution in [0, 0.1) is 0 Å².